The summed E-state index contributed by atoms with van der Waals surface area (Å²) >= 11 is 9.36. The van der Waals surface area contributed by atoms with Gasteiger partial charge in [-0.2, -0.15) is 0 Å². The van der Waals surface area contributed by atoms with Gasteiger partial charge in [-0.3, -0.25) is 0 Å². The molecule has 0 spiro atoms. The molecule has 1 atom stereocenters. The van der Waals surface area contributed by atoms with Gasteiger partial charge in [-0.05, 0) is 53.4 Å². The Labute approximate surface area is 104 Å². The molecule has 1 fully saturated rings. The zero-order chi connectivity index (χ0) is 10.8. The third kappa shape index (κ3) is 3.39. The zero-order valence-electron chi connectivity index (χ0n) is 8.76. The molecule has 2 rings (SSSR count). The molecular formula is C12H15BrClN. The Morgan fingerprint density at radius 3 is 2.87 bits per heavy atom. The molecule has 1 aromatic rings. The zero-order valence-corrected chi connectivity index (χ0v) is 11.1. The van der Waals surface area contributed by atoms with E-state index in [0.29, 0.717) is 6.04 Å². The lowest BCUT2D eigenvalue weighted by Crippen LogP contribution is -2.15. The monoisotopic (exact) mass is 287 g/mol. The van der Waals surface area contributed by atoms with Crippen molar-refractivity contribution in [2.75, 3.05) is 5.32 Å². The fourth-order valence-corrected chi connectivity index (χ4v) is 2.28. The van der Waals surface area contributed by atoms with Crippen molar-refractivity contribution in [1.82, 2.24) is 0 Å². The Morgan fingerprint density at radius 2 is 2.27 bits per heavy atom. The largest absolute Gasteiger partial charge is 0.383 e. The molecule has 82 valence electrons. The first-order valence-electron chi connectivity index (χ1n) is 5.37. The van der Waals surface area contributed by atoms with Gasteiger partial charge in [0.25, 0.3) is 0 Å². The van der Waals surface area contributed by atoms with Gasteiger partial charge in [0.15, 0.2) is 0 Å². The molecule has 0 aromatic heterocycles. The van der Waals surface area contributed by atoms with Gasteiger partial charge in [-0.15, -0.1) is 0 Å². The van der Waals surface area contributed by atoms with Crippen molar-refractivity contribution in [3.63, 3.8) is 0 Å². The molecular weight excluding hydrogens is 273 g/mol. The van der Waals surface area contributed by atoms with E-state index < -0.39 is 0 Å². The Hall–Kier alpha value is -0.210. The Balaban J connectivity index is 1.93. The highest BCUT2D eigenvalue weighted by atomic mass is 79.9. The van der Waals surface area contributed by atoms with Crippen LogP contribution in [0.15, 0.2) is 22.7 Å². The van der Waals surface area contributed by atoms with Crippen LogP contribution in [0.3, 0.4) is 0 Å². The van der Waals surface area contributed by atoms with Crippen molar-refractivity contribution in [3.8, 4) is 0 Å². The smallest absolute Gasteiger partial charge is 0.0549 e. The molecule has 0 bridgehead atoms. The van der Waals surface area contributed by atoms with E-state index >= 15 is 0 Å². The highest BCUT2D eigenvalue weighted by Gasteiger charge is 2.23. The highest BCUT2D eigenvalue weighted by molar-refractivity contribution is 9.10. The molecule has 1 aliphatic rings. The minimum absolute atomic E-state index is 0.547. The van der Waals surface area contributed by atoms with E-state index in [1.165, 1.54) is 19.3 Å². The van der Waals surface area contributed by atoms with Crippen molar-refractivity contribution in [1.29, 1.82) is 0 Å². The topological polar surface area (TPSA) is 12.0 Å². The summed E-state index contributed by atoms with van der Waals surface area (Å²) in [6.45, 7) is 2.24. The number of rotatable bonds is 4. The summed E-state index contributed by atoms with van der Waals surface area (Å²) in [5.41, 5.74) is 1.14. The minimum Gasteiger partial charge on any atom is -0.383 e. The van der Waals surface area contributed by atoms with Gasteiger partial charge in [0.1, 0.15) is 0 Å². The predicted octanol–water partition coefficient (Wildman–Crippen LogP) is 4.70. The number of halogens is 2. The van der Waals surface area contributed by atoms with Crippen molar-refractivity contribution < 1.29 is 0 Å². The standard InChI is InChI=1S/C12H15BrClN/c1-8(6-9-2-3-9)15-10-4-5-12(14)11(13)7-10/h4-5,7-9,15H,2-3,6H2,1H3. The molecule has 0 aliphatic heterocycles. The third-order valence-corrected chi connectivity index (χ3v) is 3.93. The number of hydrogen-bond donors (Lipinski definition) is 1. The first kappa shape index (κ1) is 11.3. The minimum atomic E-state index is 0.547. The van der Waals surface area contributed by atoms with Crippen LogP contribution in [0.2, 0.25) is 5.02 Å². The van der Waals surface area contributed by atoms with Crippen LogP contribution in [0.1, 0.15) is 26.2 Å². The molecule has 1 N–H and O–H groups in total. The van der Waals surface area contributed by atoms with E-state index in [1.807, 2.05) is 18.2 Å². The first-order valence-corrected chi connectivity index (χ1v) is 6.54. The molecule has 1 aliphatic carbocycles. The van der Waals surface area contributed by atoms with Gasteiger partial charge >= 0.3 is 0 Å². The van der Waals surface area contributed by atoms with E-state index in [1.54, 1.807) is 0 Å². The number of anilines is 1. The molecule has 1 aromatic carbocycles. The lowest BCUT2D eigenvalue weighted by Gasteiger charge is -2.15. The normalized spacial score (nSPS) is 17.5. The number of hydrogen-bond acceptors (Lipinski definition) is 1. The fourth-order valence-electron chi connectivity index (χ4n) is 1.78. The predicted molar refractivity (Wildman–Crippen MR) is 69.6 cm³/mol. The molecule has 1 nitrogen and oxygen atoms in total. The van der Waals surface area contributed by atoms with Crippen LogP contribution < -0.4 is 5.32 Å². The molecule has 1 saturated carbocycles. The van der Waals surface area contributed by atoms with Gasteiger partial charge < -0.3 is 5.32 Å². The Kier molecular flexibility index (Phi) is 3.57. The lowest BCUT2D eigenvalue weighted by molar-refractivity contribution is 0.642. The van der Waals surface area contributed by atoms with Crippen LogP contribution in [-0.2, 0) is 0 Å². The second-order valence-corrected chi connectivity index (χ2v) is 5.61. The maximum Gasteiger partial charge on any atom is 0.0549 e. The first-order chi connectivity index (χ1) is 7.15. The summed E-state index contributed by atoms with van der Waals surface area (Å²) < 4.78 is 0.952. The average molecular weight is 289 g/mol. The van der Waals surface area contributed by atoms with Crippen LogP contribution >= 0.6 is 27.5 Å². The van der Waals surface area contributed by atoms with E-state index in [4.69, 9.17) is 11.6 Å². The number of benzene rings is 1. The summed E-state index contributed by atoms with van der Waals surface area (Å²) in [4.78, 5) is 0. The summed E-state index contributed by atoms with van der Waals surface area (Å²) in [5.74, 6) is 0.961. The maximum atomic E-state index is 5.94. The van der Waals surface area contributed by atoms with Crippen LogP contribution in [0.25, 0.3) is 0 Å². The summed E-state index contributed by atoms with van der Waals surface area (Å²) in [6.07, 6.45) is 4.10. The molecule has 0 heterocycles. The van der Waals surface area contributed by atoms with Gasteiger partial charge in [0.2, 0.25) is 0 Å². The summed E-state index contributed by atoms with van der Waals surface area (Å²) in [7, 11) is 0. The SMILES string of the molecule is CC(CC1CC1)Nc1ccc(Cl)c(Br)c1. The molecule has 3 heteroatoms. The van der Waals surface area contributed by atoms with Gasteiger partial charge in [0, 0.05) is 16.2 Å². The van der Waals surface area contributed by atoms with E-state index in [-0.39, 0.29) is 0 Å². The second-order valence-electron chi connectivity index (χ2n) is 4.35. The van der Waals surface area contributed by atoms with Crippen LogP contribution in [0, 0.1) is 5.92 Å². The van der Waals surface area contributed by atoms with Crippen molar-refractivity contribution in [3.05, 3.63) is 27.7 Å². The molecule has 15 heavy (non-hydrogen) atoms. The molecule has 1 unspecified atom stereocenters. The molecule has 0 radical (unpaired) electrons. The van der Waals surface area contributed by atoms with Crippen molar-refractivity contribution in [2.45, 2.75) is 32.2 Å². The van der Waals surface area contributed by atoms with Gasteiger partial charge in [0.05, 0.1) is 5.02 Å². The Morgan fingerprint density at radius 1 is 1.53 bits per heavy atom. The van der Waals surface area contributed by atoms with Gasteiger partial charge in [-0.1, -0.05) is 24.4 Å². The van der Waals surface area contributed by atoms with Crippen molar-refractivity contribution >= 4 is 33.2 Å². The van der Waals surface area contributed by atoms with Crippen LogP contribution in [0.4, 0.5) is 5.69 Å². The maximum absolute atomic E-state index is 5.94. The van der Waals surface area contributed by atoms with Gasteiger partial charge in [-0.25, -0.2) is 0 Å². The third-order valence-electron chi connectivity index (χ3n) is 2.72. The summed E-state index contributed by atoms with van der Waals surface area (Å²) in [6, 6.07) is 6.52. The lowest BCUT2D eigenvalue weighted by atomic mass is 10.1. The molecule has 0 amide bonds. The average Bonchev–Trinajstić information content (AvgIpc) is 2.95. The van der Waals surface area contributed by atoms with E-state index in [0.717, 1.165) is 21.1 Å². The van der Waals surface area contributed by atoms with E-state index in [2.05, 4.69) is 28.2 Å². The second kappa shape index (κ2) is 4.75. The highest BCUT2D eigenvalue weighted by Crippen LogP contribution is 2.34. The Bertz CT molecular complexity index is 349. The van der Waals surface area contributed by atoms with Crippen LogP contribution in [-0.4, -0.2) is 6.04 Å². The van der Waals surface area contributed by atoms with E-state index in [9.17, 15) is 0 Å². The summed E-state index contributed by atoms with van der Waals surface area (Å²) in [5, 5.41) is 4.25. The van der Waals surface area contributed by atoms with Crippen molar-refractivity contribution in [2.24, 2.45) is 5.92 Å². The fraction of sp³-hybridized carbons (Fsp3) is 0.500. The van der Waals surface area contributed by atoms with Crippen LogP contribution in [0.5, 0.6) is 0 Å². The quantitative estimate of drug-likeness (QED) is 0.846. The number of nitrogens with one attached hydrogen (secondary N) is 1. The molecule has 0 saturated heterocycles.